The summed E-state index contributed by atoms with van der Waals surface area (Å²) in [7, 11) is 4.90. The fraction of sp³-hybridized carbons (Fsp3) is 0.625. The molecular weight excluding hydrogens is 268 g/mol. The van der Waals surface area contributed by atoms with E-state index in [1.54, 1.807) is 21.3 Å². The molecule has 1 saturated heterocycles. The maximum Gasteiger partial charge on any atom is 0.203 e. The minimum absolute atomic E-state index is 0. The Balaban J connectivity index is 0.00000220. The van der Waals surface area contributed by atoms with Crippen LogP contribution in [0.15, 0.2) is 12.1 Å². The molecule has 1 fully saturated rings. The third kappa shape index (κ3) is 4.25. The molecule has 0 spiro atoms. The quantitative estimate of drug-likeness (QED) is 0.903. The van der Waals surface area contributed by atoms with Crippen molar-refractivity contribution >= 4 is 0 Å². The van der Waals surface area contributed by atoms with E-state index < -0.39 is 0 Å². The van der Waals surface area contributed by atoms with Gasteiger partial charge in [0, 0.05) is 12.6 Å². The summed E-state index contributed by atoms with van der Waals surface area (Å²) in [6.07, 6.45) is 2.12. The molecule has 0 aromatic heterocycles. The van der Waals surface area contributed by atoms with Crippen LogP contribution in [0, 0.1) is 0 Å². The Labute approximate surface area is 128 Å². The third-order valence-corrected chi connectivity index (χ3v) is 3.76. The standard InChI is InChI=1S/C15H24N2O3.CH4/c1-18-13-8-11(9-14(19-2)15(13)20-3)10-17-6-4-12(16)5-7-17;/h8-9,12H,4-7,10,16H2,1-3H3;1H4. The molecule has 0 atom stereocenters. The van der Waals surface area contributed by atoms with E-state index in [1.807, 2.05) is 12.1 Å². The number of rotatable bonds is 5. The van der Waals surface area contributed by atoms with Crippen LogP contribution < -0.4 is 19.9 Å². The zero-order valence-electron chi connectivity index (χ0n) is 12.5. The summed E-state index contributed by atoms with van der Waals surface area (Å²) in [6.45, 7) is 2.96. The van der Waals surface area contributed by atoms with Gasteiger partial charge in [-0.05, 0) is 43.6 Å². The Morgan fingerprint density at radius 1 is 1.05 bits per heavy atom. The van der Waals surface area contributed by atoms with Crippen LogP contribution in [-0.4, -0.2) is 45.4 Å². The predicted molar refractivity (Wildman–Crippen MR) is 85.3 cm³/mol. The van der Waals surface area contributed by atoms with Crippen molar-refractivity contribution in [3.8, 4) is 17.2 Å². The Hall–Kier alpha value is -1.46. The summed E-state index contributed by atoms with van der Waals surface area (Å²) in [5, 5.41) is 0. The summed E-state index contributed by atoms with van der Waals surface area (Å²) in [6, 6.07) is 4.37. The van der Waals surface area contributed by atoms with Gasteiger partial charge in [-0.25, -0.2) is 0 Å². The second kappa shape index (κ2) is 8.10. The van der Waals surface area contributed by atoms with Crippen LogP contribution in [0.3, 0.4) is 0 Å². The van der Waals surface area contributed by atoms with Crippen molar-refractivity contribution < 1.29 is 14.2 Å². The normalized spacial score (nSPS) is 16.2. The summed E-state index contributed by atoms with van der Waals surface area (Å²) in [5.74, 6) is 2.05. The number of piperidine rings is 1. The van der Waals surface area contributed by atoms with Crippen LogP contribution in [-0.2, 0) is 6.54 Å². The van der Waals surface area contributed by atoms with Gasteiger partial charge in [-0.15, -0.1) is 0 Å². The maximum absolute atomic E-state index is 5.94. The highest BCUT2D eigenvalue weighted by Crippen LogP contribution is 2.38. The topological polar surface area (TPSA) is 57.0 Å². The van der Waals surface area contributed by atoms with Crippen LogP contribution in [0.1, 0.15) is 25.8 Å². The van der Waals surface area contributed by atoms with Crippen molar-refractivity contribution in [3.05, 3.63) is 17.7 Å². The van der Waals surface area contributed by atoms with Crippen molar-refractivity contribution in [1.29, 1.82) is 0 Å². The van der Waals surface area contributed by atoms with Gasteiger partial charge in [-0.2, -0.15) is 0 Å². The molecule has 1 aromatic rings. The van der Waals surface area contributed by atoms with E-state index in [2.05, 4.69) is 4.90 Å². The van der Waals surface area contributed by atoms with E-state index in [9.17, 15) is 0 Å². The summed E-state index contributed by atoms with van der Waals surface area (Å²) in [5.41, 5.74) is 7.10. The smallest absolute Gasteiger partial charge is 0.203 e. The van der Waals surface area contributed by atoms with Gasteiger partial charge < -0.3 is 19.9 Å². The van der Waals surface area contributed by atoms with Crippen molar-refractivity contribution in [1.82, 2.24) is 4.90 Å². The number of nitrogens with zero attached hydrogens (tertiary/aromatic N) is 1. The van der Waals surface area contributed by atoms with Crippen LogP contribution in [0.2, 0.25) is 0 Å². The van der Waals surface area contributed by atoms with Crippen molar-refractivity contribution in [2.45, 2.75) is 32.9 Å². The molecule has 2 N–H and O–H groups in total. The summed E-state index contributed by atoms with van der Waals surface area (Å²) < 4.78 is 16.1. The van der Waals surface area contributed by atoms with Crippen molar-refractivity contribution in [2.75, 3.05) is 34.4 Å². The van der Waals surface area contributed by atoms with Gasteiger partial charge in [0.05, 0.1) is 21.3 Å². The molecule has 5 nitrogen and oxygen atoms in total. The fourth-order valence-electron chi connectivity index (χ4n) is 2.60. The molecule has 120 valence electrons. The van der Waals surface area contributed by atoms with Gasteiger partial charge in [0.2, 0.25) is 5.75 Å². The van der Waals surface area contributed by atoms with Gasteiger partial charge in [0.1, 0.15) is 0 Å². The van der Waals surface area contributed by atoms with Crippen LogP contribution >= 0.6 is 0 Å². The van der Waals surface area contributed by atoms with Crippen LogP contribution in [0.5, 0.6) is 17.2 Å². The number of ether oxygens (including phenoxy) is 3. The average molecular weight is 296 g/mol. The lowest BCUT2D eigenvalue weighted by Crippen LogP contribution is -2.39. The first kappa shape index (κ1) is 17.6. The van der Waals surface area contributed by atoms with Gasteiger partial charge in [-0.1, -0.05) is 7.43 Å². The molecule has 21 heavy (non-hydrogen) atoms. The Bertz CT molecular complexity index is 418. The number of benzene rings is 1. The Morgan fingerprint density at radius 2 is 1.57 bits per heavy atom. The first-order valence-electron chi connectivity index (χ1n) is 6.94. The minimum atomic E-state index is 0. The molecule has 1 aliphatic heterocycles. The first-order chi connectivity index (χ1) is 9.67. The highest BCUT2D eigenvalue weighted by Gasteiger charge is 2.18. The summed E-state index contributed by atoms with van der Waals surface area (Å²) >= 11 is 0. The molecule has 0 amide bonds. The van der Waals surface area contributed by atoms with E-state index in [-0.39, 0.29) is 7.43 Å². The molecular formula is C16H28N2O3. The van der Waals surface area contributed by atoms with Gasteiger partial charge in [0.25, 0.3) is 0 Å². The number of methoxy groups -OCH3 is 3. The van der Waals surface area contributed by atoms with Crippen LogP contribution in [0.4, 0.5) is 0 Å². The second-order valence-corrected chi connectivity index (χ2v) is 5.15. The molecule has 2 rings (SSSR count). The van der Waals surface area contributed by atoms with E-state index in [1.165, 1.54) is 0 Å². The fourth-order valence-corrected chi connectivity index (χ4v) is 2.60. The Kier molecular flexibility index (Phi) is 6.78. The van der Waals surface area contributed by atoms with Crippen molar-refractivity contribution in [2.24, 2.45) is 5.73 Å². The molecule has 0 bridgehead atoms. The largest absolute Gasteiger partial charge is 0.493 e. The lowest BCUT2D eigenvalue weighted by Gasteiger charge is -2.30. The number of likely N-dealkylation sites (tertiary alicyclic amines) is 1. The second-order valence-electron chi connectivity index (χ2n) is 5.15. The molecule has 0 saturated carbocycles. The molecule has 0 unspecified atom stereocenters. The average Bonchev–Trinajstić information content (AvgIpc) is 2.48. The summed E-state index contributed by atoms with van der Waals surface area (Å²) in [4.78, 5) is 2.41. The SMILES string of the molecule is C.COc1cc(CN2CCC(N)CC2)cc(OC)c1OC. The lowest BCUT2D eigenvalue weighted by atomic mass is 10.0. The number of hydrogen-bond donors (Lipinski definition) is 1. The monoisotopic (exact) mass is 296 g/mol. The number of nitrogens with two attached hydrogens (primary N) is 1. The third-order valence-electron chi connectivity index (χ3n) is 3.76. The molecule has 1 aromatic carbocycles. The zero-order chi connectivity index (χ0) is 14.5. The minimum Gasteiger partial charge on any atom is -0.493 e. The molecule has 1 aliphatic rings. The highest BCUT2D eigenvalue weighted by atomic mass is 16.5. The zero-order valence-corrected chi connectivity index (χ0v) is 12.5. The molecule has 0 aliphatic carbocycles. The van der Waals surface area contributed by atoms with E-state index in [4.69, 9.17) is 19.9 Å². The van der Waals surface area contributed by atoms with Gasteiger partial charge >= 0.3 is 0 Å². The first-order valence-corrected chi connectivity index (χ1v) is 6.94. The Morgan fingerprint density at radius 3 is 2.00 bits per heavy atom. The molecule has 1 heterocycles. The van der Waals surface area contributed by atoms with Gasteiger partial charge in [0.15, 0.2) is 11.5 Å². The van der Waals surface area contributed by atoms with E-state index in [0.29, 0.717) is 23.3 Å². The molecule has 0 radical (unpaired) electrons. The number of hydrogen-bond acceptors (Lipinski definition) is 5. The van der Waals surface area contributed by atoms with Crippen LogP contribution in [0.25, 0.3) is 0 Å². The predicted octanol–water partition coefficient (Wildman–Crippen LogP) is 2.27. The van der Waals surface area contributed by atoms with E-state index in [0.717, 1.165) is 38.0 Å². The lowest BCUT2D eigenvalue weighted by molar-refractivity contribution is 0.205. The maximum atomic E-state index is 5.94. The highest BCUT2D eigenvalue weighted by molar-refractivity contribution is 5.53. The van der Waals surface area contributed by atoms with E-state index >= 15 is 0 Å². The van der Waals surface area contributed by atoms with Crippen molar-refractivity contribution in [3.63, 3.8) is 0 Å². The van der Waals surface area contributed by atoms with Gasteiger partial charge in [-0.3, -0.25) is 4.90 Å². The molecule has 5 heteroatoms.